The lowest BCUT2D eigenvalue weighted by Gasteiger charge is -2.31. The Morgan fingerprint density at radius 3 is 2.25 bits per heavy atom. The molecule has 0 spiro atoms. The summed E-state index contributed by atoms with van der Waals surface area (Å²) in [6.07, 6.45) is 5.68. The molecule has 0 bridgehead atoms. The van der Waals surface area contributed by atoms with Crippen LogP contribution in [0.2, 0.25) is 0 Å². The lowest BCUT2D eigenvalue weighted by Crippen LogP contribution is -2.30. The van der Waals surface area contributed by atoms with E-state index in [1.807, 2.05) is 6.08 Å². The molecular formula is C19H27NO3S. The smallest absolute Gasteiger partial charge is 0.268 e. The molecule has 132 valence electrons. The predicted molar refractivity (Wildman–Crippen MR) is 96.3 cm³/mol. The zero-order valence-electron chi connectivity index (χ0n) is 15.2. The summed E-state index contributed by atoms with van der Waals surface area (Å²) in [6.45, 7) is 11.1. The number of hydrogen-bond acceptors (Lipinski definition) is 3. The first-order valence-corrected chi connectivity index (χ1v) is 9.69. The normalized spacial score (nSPS) is 17.5. The summed E-state index contributed by atoms with van der Waals surface area (Å²) >= 11 is 0. The van der Waals surface area contributed by atoms with Crippen LogP contribution in [0, 0.1) is 10.8 Å². The molecule has 0 N–H and O–H groups in total. The molecule has 1 aliphatic rings. The van der Waals surface area contributed by atoms with Crippen LogP contribution >= 0.6 is 0 Å². The van der Waals surface area contributed by atoms with Crippen LogP contribution in [0.1, 0.15) is 57.8 Å². The van der Waals surface area contributed by atoms with Gasteiger partial charge in [0.25, 0.3) is 15.9 Å². The fourth-order valence-electron chi connectivity index (χ4n) is 3.49. The zero-order chi connectivity index (χ0) is 18.2. The minimum absolute atomic E-state index is 0.0848. The maximum atomic E-state index is 12.4. The molecule has 1 aliphatic heterocycles. The zero-order valence-corrected chi connectivity index (χ0v) is 16.0. The number of amides is 1. The minimum Gasteiger partial charge on any atom is -0.268 e. The Morgan fingerprint density at radius 1 is 1.04 bits per heavy atom. The van der Waals surface area contributed by atoms with Crippen LogP contribution in [0.15, 0.2) is 41.3 Å². The topological polar surface area (TPSA) is 54.5 Å². The molecule has 1 amide bonds. The van der Waals surface area contributed by atoms with Gasteiger partial charge in [-0.1, -0.05) is 58.9 Å². The van der Waals surface area contributed by atoms with Crippen molar-refractivity contribution < 1.29 is 13.2 Å². The van der Waals surface area contributed by atoms with Crippen LogP contribution in [-0.4, -0.2) is 25.2 Å². The van der Waals surface area contributed by atoms with E-state index in [2.05, 4.69) is 34.6 Å². The highest BCUT2D eigenvalue weighted by molar-refractivity contribution is 7.90. The average Bonchev–Trinajstić information content (AvgIpc) is 2.61. The van der Waals surface area contributed by atoms with E-state index in [4.69, 9.17) is 0 Å². The first-order valence-electron chi connectivity index (χ1n) is 8.25. The van der Waals surface area contributed by atoms with E-state index >= 15 is 0 Å². The molecule has 0 unspecified atom stereocenters. The number of allylic oxidation sites excluding steroid dienone is 1. The number of sulfonamides is 1. The Hall–Kier alpha value is -1.62. The van der Waals surface area contributed by atoms with E-state index in [1.165, 1.54) is 6.07 Å². The summed E-state index contributed by atoms with van der Waals surface area (Å²) in [4.78, 5) is 12.4. The van der Waals surface area contributed by atoms with Gasteiger partial charge in [-0.15, -0.1) is 0 Å². The molecule has 5 heteroatoms. The van der Waals surface area contributed by atoms with E-state index in [9.17, 15) is 13.2 Å². The van der Waals surface area contributed by atoms with Crippen LogP contribution in [0.25, 0.3) is 0 Å². The van der Waals surface area contributed by atoms with Crippen molar-refractivity contribution in [3.05, 3.63) is 42.0 Å². The molecular weight excluding hydrogens is 322 g/mol. The van der Waals surface area contributed by atoms with Gasteiger partial charge in [0.1, 0.15) is 4.90 Å². The van der Waals surface area contributed by atoms with Gasteiger partial charge in [0.2, 0.25) is 0 Å². The summed E-state index contributed by atoms with van der Waals surface area (Å²) in [5, 5.41) is 0. The van der Waals surface area contributed by atoms with Crippen molar-refractivity contribution in [3.8, 4) is 0 Å². The second kappa shape index (κ2) is 6.36. The number of carbonyl (C=O) groups is 1. The van der Waals surface area contributed by atoms with E-state index in [1.54, 1.807) is 24.3 Å². The maximum absolute atomic E-state index is 12.4. The van der Waals surface area contributed by atoms with E-state index in [0.717, 1.165) is 17.1 Å². The summed E-state index contributed by atoms with van der Waals surface area (Å²) in [7, 11) is -3.71. The Morgan fingerprint density at radius 2 is 1.67 bits per heavy atom. The van der Waals surface area contributed by atoms with Crippen molar-refractivity contribution >= 4 is 15.9 Å². The average molecular weight is 349 g/mol. The lowest BCUT2D eigenvalue weighted by molar-refractivity contribution is 0.0880. The van der Waals surface area contributed by atoms with Crippen LogP contribution in [-0.2, 0) is 10.0 Å². The summed E-state index contributed by atoms with van der Waals surface area (Å²) in [6, 6.07) is 6.36. The third-order valence-corrected chi connectivity index (χ3v) is 5.84. The van der Waals surface area contributed by atoms with Gasteiger partial charge in [-0.25, -0.2) is 12.7 Å². The van der Waals surface area contributed by atoms with Crippen LogP contribution in [0.3, 0.4) is 0 Å². The van der Waals surface area contributed by atoms with Crippen molar-refractivity contribution in [2.24, 2.45) is 10.8 Å². The summed E-state index contributed by atoms with van der Waals surface area (Å²) in [5.74, 6) is -0.441. The predicted octanol–water partition coefficient (Wildman–Crippen LogP) is 4.24. The molecule has 2 rings (SSSR count). The molecule has 0 radical (unpaired) electrons. The molecule has 1 aromatic rings. The third-order valence-electron chi connectivity index (χ3n) is 4.03. The monoisotopic (exact) mass is 349 g/mol. The first kappa shape index (κ1) is 18.7. The van der Waals surface area contributed by atoms with Gasteiger partial charge >= 0.3 is 0 Å². The van der Waals surface area contributed by atoms with Gasteiger partial charge in [0.15, 0.2) is 0 Å². The number of hydrogen-bond donors (Lipinski definition) is 0. The Kier molecular flexibility index (Phi) is 4.96. The van der Waals surface area contributed by atoms with E-state index in [0.29, 0.717) is 0 Å². The molecule has 24 heavy (non-hydrogen) atoms. The van der Waals surface area contributed by atoms with Crippen molar-refractivity contribution in [3.63, 3.8) is 0 Å². The van der Waals surface area contributed by atoms with Crippen molar-refractivity contribution in [1.82, 2.24) is 4.31 Å². The molecule has 0 aliphatic carbocycles. The quantitative estimate of drug-likeness (QED) is 0.747. The molecule has 0 aromatic heterocycles. The van der Waals surface area contributed by atoms with Crippen LogP contribution in [0.4, 0.5) is 0 Å². The van der Waals surface area contributed by atoms with Crippen molar-refractivity contribution in [1.29, 1.82) is 0 Å². The number of nitrogens with zero attached hydrogens (tertiary/aromatic N) is 1. The summed E-state index contributed by atoms with van der Waals surface area (Å²) < 4.78 is 25.8. The van der Waals surface area contributed by atoms with Gasteiger partial charge in [0, 0.05) is 0 Å². The standard InChI is InChI=1S/C19H27NO3S/c1-18(2,3)14-19(4,5)12-8-9-13-20-17(21)15-10-6-7-11-16(15)24(20,22)23/h6-11H,12-14H2,1-5H3/b9-8+. The highest BCUT2D eigenvalue weighted by Crippen LogP contribution is 2.36. The number of rotatable bonds is 5. The number of carbonyl (C=O) groups excluding carboxylic acids is 1. The second-order valence-corrected chi connectivity index (χ2v) is 10.2. The SMILES string of the molecule is CC(C)(C)CC(C)(C)C/C=C/CN1C(=O)c2ccccc2S1(=O)=O. The highest BCUT2D eigenvalue weighted by atomic mass is 32.2. The van der Waals surface area contributed by atoms with Gasteiger partial charge in [-0.3, -0.25) is 4.79 Å². The van der Waals surface area contributed by atoms with Crippen molar-refractivity contribution in [2.75, 3.05) is 6.54 Å². The van der Waals surface area contributed by atoms with Gasteiger partial charge in [-0.2, -0.15) is 0 Å². The molecule has 0 atom stereocenters. The van der Waals surface area contributed by atoms with Crippen molar-refractivity contribution in [2.45, 2.75) is 52.4 Å². The molecule has 4 nitrogen and oxygen atoms in total. The molecule has 0 saturated heterocycles. The first-order chi connectivity index (χ1) is 10.9. The maximum Gasteiger partial charge on any atom is 0.269 e. The molecule has 1 aromatic carbocycles. The Bertz CT molecular complexity index is 755. The summed E-state index contributed by atoms with van der Waals surface area (Å²) in [5.41, 5.74) is 0.637. The lowest BCUT2D eigenvalue weighted by atomic mass is 9.74. The fraction of sp³-hybridized carbons (Fsp3) is 0.526. The van der Waals surface area contributed by atoms with Gasteiger partial charge < -0.3 is 0 Å². The Labute approximate surface area is 145 Å². The number of benzene rings is 1. The highest BCUT2D eigenvalue weighted by Gasteiger charge is 2.40. The van der Waals surface area contributed by atoms with Gasteiger partial charge in [-0.05, 0) is 35.8 Å². The van der Waals surface area contributed by atoms with Crippen LogP contribution < -0.4 is 0 Å². The van der Waals surface area contributed by atoms with E-state index < -0.39 is 15.9 Å². The largest absolute Gasteiger partial charge is 0.269 e. The molecule has 0 saturated carbocycles. The fourth-order valence-corrected chi connectivity index (χ4v) is 5.01. The molecule has 0 fully saturated rings. The molecule has 1 heterocycles. The van der Waals surface area contributed by atoms with Crippen LogP contribution in [0.5, 0.6) is 0 Å². The minimum atomic E-state index is -3.71. The Balaban J connectivity index is 2.05. The third kappa shape index (κ3) is 4.07. The van der Waals surface area contributed by atoms with E-state index in [-0.39, 0.29) is 27.8 Å². The van der Waals surface area contributed by atoms with Gasteiger partial charge in [0.05, 0.1) is 12.1 Å². The second-order valence-electron chi connectivity index (χ2n) is 8.41. The number of fused-ring (bicyclic) bond motifs is 1.